The Bertz CT molecular complexity index is 831. The largest absolute Gasteiger partial charge is 0.493 e. The zero-order valence-electron chi connectivity index (χ0n) is 15.9. The Morgan fingerprint density at radius 3 is 2.11 bits per heavy atom. The summed E-state index contributed by atoms with van der Waals surface area (Å²) in [5.41, 5.74) is 5.71. The number of rotatable bonds is 6. The van der Waals surface area contributed by atoms with Crippen LogP contribution in [-0.4, -0.2) is 65.7 Å². The minimum atomic E-state index is -3.60. The Balaban J connectivity index is 2.44. The average molecular weight is 399 g/mol. The smallest absolute Gasteiger partial charge is 0.256 e. The predicted molar refractivity (Wildman–Crippen MR) is 101 cm³/mol. The number of hydrogen-bond acceptors (Lipinski definition) is 6. The van der Waals surface area contributed by atoms with E-state index in [1.807, 2.05) is 0 Å². The van der Waals surface area contributed by atoms with Gasteiger partial charge in [0.2, 0.25) is 15.9 Å². The number of piperidine rings is 1. The van der Waals surface area contributed by atoms with Crippen molar-refractivity contribution in [3.05, 3.63) is 17.7 Å². The van der Waals surface area contributed by atoms with E-state index in [2.05, 4.69) is 0 Å². The molecule has 9 nitrogen and oxygen atoms in total. The molecule has 27 heavy (non-hydrogen) atoms. The maximum absolute atomic E-state index is 13.1. The number of nitrogens with zero attached hydrogens (tertiary/aromatic N) is 2. The van der Waals surface area contributed by atoms with Crippen molar-refractivity contribution >= 4 is 27.5 Å². The molecular formula is C17H25N3O6S. The van der Waals surface area contributed by atoms with Gasteiger partial charge in [-0.15, -0.1) is 0 Å². The number of carbonyl (C=O) groups excluding carboxylic acids is 2. The molecule has 0 spiro atoms. The lowest BCUT2D eigenvalue weighted by molar-refractivity contribution is -0.123. The van der Waals surface area contributed by atoms with Crippen LogP contribution in [0.5, 0.6) is 11.5 Å². The zero-order chi connectivity index (χ0) is 20.4. The lowest BCUT2D eigenvalue weighted by atomic mass is 9.95. The van der Waals surface area contributed by atoms with Gasteiger partial charge in [-0.1, -0.05) is 0 Å². The summed E-state index contributed by atoms with van der Waals surface area (Å²) in [5, 5.41) is 0. The second-order valence-electron chi connectivity index (χ2n) is 6.42. The molecule has 2 N–H and O–H groups in total. The van der Waals surface area contributed by atoms with Gasteiger partial charge in [0.15, 0.2) is 11.5 Å². The molecule has 1 heterocycles. The fraction of sp³-hybridized carbons (Fsp3) is 0.529. The molecular weight excluding hydrogens is 374 g/mol. The number of anilines is 1. The summed E-state index contributed by atoms with van der Waals surface area (Å²) < 4.78 is 35.6. The van der Waals surface area contributed by atoms with Gasteiger partial charge in [-0.25, -0.2) is 8.42 Å². The molecule has 0 atom stereocenters. The monoisotopic (exact) mass is 399 g/mol. The quantitative estimate of drug-likeness (QED) is 0.741. The van der Waals surface area contributed by atoms with Gasteiger partial charge >= 0.3 is 0 Å². The number of amides is 2. The highest BCUT2D eigenvalue weighted by Gasteiger charge is 2.30. The van der Waals surface area contributed by atoms with Crippen LogP contribution in [0.15, 0.2) is 12.1 Å². The molecule has 0 radical (unpaired) electrons. The van der Waals surface area contributed by atoms with Crippen molar-refractivity contribution in [2.24, 2.45) is 11.7 Å². The maximum atomic E-state index is 13.1. The number of methoxy groups -OCH3 is 2. The first-order chi connectivity index (χ1) is 12.6. The van der Waals surface area contributed by atoms with Crippen LogP contribution in [0.1, 0.15) is 23.2 Å². The van der Waals surface area contributed by atoms with Crippen LogP contribution in [-0.2, 0) is 14.8 Å². The summed E-state index contributed by atoms with van der Waals surface area (Å²) >= 11 is 0. The summed E-state index contributed by atoms with van der Waals surface area (Å²) in [4.78, 5) is 26.0. The summed E-state index contributed by atoms with van der Waals surface area (Å²) in [6.45, 7) is 0.728. The van der Waals surface area contributed by atoms with Gasteiger partial charge in [0.05, 0.1) is 31.7 Å². The van der Waals surface area contributed by atoms with Crippen LogP contribution in [0, 0.1) is 5.92 Å². The molecule has 1 aliphatic heterocycles. The number of carbonyl (C=O) groups is 2. The van der Waals surface area contributed by atoms with E-state index in [0.29, 0.717) is 37.4 Å². The van der Waals surface area contributed by atoms with E-state index in [-0.39, 0.29) is 29.0 Å². The Morgan fingerprint density at radius 2 is 1.67 bits per heavy atom. The van der Waals surface area contributed by atoms with Gasteiger partial charge in [-0.3, -0.25) is 13.9 Å². The first kappa shape index (κ1) is 20.8. The molecule has 0 saturated carbocycles. The Morgan fingerprint density at radius 1 is 1.15 bits per heavy atom. The molecule has 0 aromatic heterocycles. The molecule has 0 bridgehead atoms. The lowest BCUT2D eigenvalue weighted by Crippen LogP contribution is -2.42. The molecule has 1 fully saturated rings. The number of nitrogens with two attached hydrogens (primary N) is 1. The summed E-state index contributed by atoms with van der Waals surface area (Å²) in [7, 11) is 0.629. The molecule has 1 saturated heterocycles. The van der Waals surface area contributed by atoms with Gasteiger partial charge in [-0.2, -0.15) is 0 Å². The number of likely N-dealkylation sites (tertiary alicyclic amines) is 1. The number of ether oxygens (including phenoxy) is 2. The van der Waals surface area contributed by atoms with Gasteiger partial charge in [-0.05, 0) is 18.9 Å². The first-order valence-electron chi connectivity index (χ1n) is 8.38. The number of sulfonamides is 1. The lowest BCUT2D eigenvalue weighted by Gasteiger charge is -2.32. The highest BCUT2D eigenvalue weighted by atomic mass is 32.2. The topological polar surface area (TPSA) is 119 Å². The van der Waals surface area contributed by atoms with Crippen molar-refractivity contribution in [3.63, 3.8) is 0 Å². The second kappa shape index (κ2) is 8.03. The summed E-state index contributed by atoms with van der Waals surface area (Å²) in [6, 6.07) is 2.93. The van der Waals surface area contributed by atoms with Crippen molar-refractivity contribution in [2.45, 2.75) is 12.8 Å². The van der Waals surface area contributed by atoms with Gasteiger partial charge < -0.3 is 20.1 Å². The number of hydrogen-bond donors (Lipinski definition) is 1. The fourth-order valence-corrected chi connectivity index (χ4v) is 3.52. The van der Waals surface area contributed by atoms with E-state index < -0.39 is 10.0 Å². The Labute approximate surface area is 159 Å². The van der Waals surface area contributed by atoms with Crippen LogP contribution in [0.2, 0.25) is 0 Å². The minimum Gasteiger partial charge on any atom is -0.493 e. The average Bonchev–Trinajstić information content (AvgIpc) is 2.64. The fourth-order valence-electron chi connectivity index (χ4n) is 3.02. The normalized spacial score (nSPS) is 15.3. The summed E-state index contributed by atoms with van der Waals surface area (Å²) in [6.07, 6.45) is 2.01. The van der Waals surface area contributed by atoms with E-state index in [1.54, 1.807) is 4.90 Å². The van der Waals surface area contributed by atoms with E-state index in [0.717, 1.165) is 10.6 Å². The Hall–Kier alpha value is -2.49. The van der Waals surface area contributed by atoms with Crippen molar-refractivity contribution in [1.29, 1.82) is 0 Å². The standard InChI is InChI=1S/C17H25N3O6S/c1-19(27(4,23)24)13-10-15(26-3)14(25-2)9-12(13)17(22)20-7-5-11(6-8-20)16(18)21/h9-11H,5-8H2,1-4H3,(H2,18,21). The molecule has 2 rings (SSSR count). The van der Waals surface area contributed by atoms with Crippen molar-refractivity contribution in [3.8, 4) is 11.5 Å². The minimum absolute atomic E-state index is 0.179. The third kappa shape index (κ3) is 4.44. The molecule has 0 aliphatic carbocycles. The van der Waals surface area contributed by atoms with Gasteiger partial charge in [0.1, 0.15) is 0 Å². The van der Waals surface area contributed by atoms with Crippen LogP contribution in [0.3, 0.4) is 0 Å². The van der Waals surface area contributed by atoms with Crippen molar-refractivity contribution in [2.75, 3.05) is 44.9 Å². The van der Waals surface area contributed by atoms with Crippen LogP contribution >= 0.6 is 0 Å². The van der Waals surface area contributed by atoms with Crippen molar-refractivity contribution < 1.29 is 27.5 Å². The third-order valence-corrected chi connectivity index (χ3v) is 5.95. The molecule has 0 unspecified atom stereocenters. The van der Waals surface area contributed by atoms with Crippen LogP contribution in [0.4, 0.5) is 5.69 Å². The number of benzene rings is 1. The van der Waals surface area contributed by atoms with E-state index >= 15 is 0 Å². The third-order valence-electron chi connectivity index (χ3n) is 4.75. The predicted octanol–water partition coefficient (Wildman–Crippen LogP) is 0.437. The van der Waals surface area contributed by atoms with Crippen LogP contribution < -0.4 is 19.5 Å². The van der Waals surface area contributed by atoms with Crippen molar-refractivity contribution in [1.82, 2.24) is 4.90 Å². The molecule has 10 heteroatoms. The van der Waals surface area contributed by atoms with Crippen LogP contribution in [0.25, 0.3) is 0 Å². The van der Waals surface area contributed by atoms with E-state index in [9.17, 15) is 18.0 Å². The van der Waals surface area contributed by atoms with Gasteiger partial charge in [0.25, 0.3) is 5.91 Å². The second-order valence-corrected chi connectivity index (χ2v) is 8.44. The maximum Gasteiger partial charge on any atom is 0.256 e. The molecule has 1 aromatic rings. The first-order valence-corrected chi connectivity index (χ1v) is 10.2. The molecule has 150 valence electrons. The number of primary amides is 1. The molecule has 1 aromatic carbocycles. The SMILES string of the molecule is COc1cc(C(=O)N2CCC(C(N)=O)CC2)c(N(C)S(C)(=O)=O)cc1OC. The van der Waals surface area contributed by atoms with Gasteiger partial charge in [0, 0.05) is 32.1 Å². The highest BCUT2D eigenvalue weighted by Crippen LogP contribution is 2.36. The zero-order valence-corrected chi connectivity index (χ0v) is 16.7. The summed E-state index contributed by atoms with van der Waals surface area (Å²) in [5.74, 6) is -0.335. The highest BCUT2D eigenvalue weighted by molar-refractivity contribution is 7.92. The Kier molecular flexibility index (Phi) is 6.19. The molecule has 2 amide bonds. The van der Waals surface area contributed by atoms with E-state index in [1.165, 1.54) is 33.4 Å². The van der Waals surface area contributed by atoms with E-state index in [4.69, 9.17) is 15.2 Å². The molecule has 1 aliphatic rings.